The van der Waals surface area contributed by atoms with Crippen LogP contribution in [0.5, 0.6) is 0 Å². The highest BCUT2D eigenvalue weighted by molar-refractivity contribution is 6.04. The van der Waals surface area contributed by atoms with E-state index in [1.54, 1.807) is 6.92 Å². The van der Waals surface area contributed by atoms with E-state index in [4.69, 9.17) is 19.7 Å². The minimum Gasteiger partial charge on any atom is -0.489 e. The molecule has 1 aliphatic heterocycles. The van der Waals surface area contributed by atoms with Crippen molar-refractivity contribution in [1.82, 2.24) is 0 Å². The van der Waals surface area contributed by atoms with Crippen molar-refractivity contribution in [2.45, 2.75) is 43.7 Å². The molecule has 28 heavy (non-hydrogen) atoms. The van der Waals surface area contributed by atoms with Gasteiger partial charge in [-0.25, -0.2) is 9.59 Å². The van der Waals surface area contributed by atoms with Crippen LogP contribution < -0.4 is 0 Å². The van der Waals surface area contributed by atoms with Crippen LogP contribution in [0.2, 0.25) is 0 Å². The van der Waals surface area contributed by atoms with Crippen molar-refractivity contribution in [2.24, 2.45) is 0 Å². The molecule has 0 aromatic carbocycles. The topological polar surface area (TPSA) is 200 Å². The summed E-state index contributed by atoms with van der Waals surface area (Å²) in [5.74, 6) is -6.17. The van der Waals surface area contributed by atoms with E-state index in [0.29, 0.717) is 12.8 Å². The smallest absolute Gasteiger partial charge is 0.379 e. The van der Waals surface area contributed by atoms with E-state index in [0.717, 1.165) is 0 Å². The Morgan fingerprint density at radius 3 is 2.18 bits per heavy atom. The fourth-order valence-electron chi connectivity index (χ4n) is 2.33. The second-order valence-corrected chi connectivity index (χ2v) is 5.87. The molecule has 0 saturated heterocycles. The quantitative estimate of drug-likeness (QED) is 0.138. The standard InChI is InChI=1S/C16H24O12/c1-2-3-4-26-13-11(27-14(24)9(21)6-18)15(25)28-16(13,10(22)7-19)12(23)8(20)5-17/h8-10,17-22H,2-7H2,1H3/t8?,9?,10-,16-/m0/s1. The van der Waals surface area contributed by atoms with Crippen LogP contribution in [0.4, 0.5) is 0 Å². The highest BCUT2D eigenvalue weighted by Crippen LogP contribution is 2.39. The maximum Gasteiger partial charge on any atom is 0.379 e. The third kappa shape index (κ3) is 4.66. The molecule has 12 heteroatoms. The van der Waals surface area contributed by atoms with Crippen LogP contribution in [-0.4, -0.2) is 98.7 Å². The molecule has 0 aromatic heterocycles. The highest BCUT2D eigenvalue weighted by Gasteiger charge is 2.62. The van der Waals surface area contributed by atoms with Gasteiger partial charge in [0.1, 0.15) is 12.2 Å². The van der Waals surface area contributed by atoms with Crippen LogP contribution in [0.1, 0.15) is 19.8 Å². The van der Waals surface area contributed by atoms with E-state index in [1.165, 1.54) is 0 Å². The summed E-state index contributed by atoms with van der Waals surface area (Å²) in [6, 6.07) is 0. The number of unbranched alkanes of at least 4 members (excludes halogenated alkanes) is 1. The Hall–Kier alpha value is -2.09. The van der Waals surface area contributed by atoms with Gasteiger partial charge in [-0.3, -0.25) is 4.79 Å². The summed E-state index contributed by atoms with van der Waals surface area (Å²) in [4.78, 5) is 36.6. The molecule has 1 aliphatic rings. The minimum absolute atomic E-state index is 0.130. The van der Waals surface area contributed by atoms with Crippen LogP contribution in [0.25, 0.3) is 0 Å². The first kappa shape index (κ1) is 23.9. The van der Waals surface area contributed by atoms with Crippen molar-refractivity contribution in [2.75, 3.05) is 26.4 Å². The average molecular weight is 408 g/mol. The molecule has 1 rings (SSSR count). The molecule has 0 radical (unpaired) electrons. The number of aliphatic hydroxyl groups is 6. The van der Waals surface area contributed by atoms with Crippen molar-refractivity contribution in [3.05, 3.63) is 11.5 Å². The number of carbonyl (C=O) groups excluding carboxylic acids is 3. The molecule has 2 unspecified atom stereocenters. The summed E-state index contributed by atoms with van der Waals surface area (Å²) in [5.41, 5.74) is -2.79. The molecule has 0 aliphatic carbocycles. The van der Waals surface area contributed by atoms with Gasteiger partial charge in [-0.2, -0.15) is 0 Å². The Balaban J connectivity index is 3.52. The van der Waals surface area contributed by atoms with E-state index in [9.17, 15) is 34.8 Å². The molecular formula is C16H24O12. The number of esters is 2. The molecule has 4 atom stereocenters. The summed E-state index contributed by atoms with van der Waals surface area (Å²) in [7, 11) is 0. The monoisotopic (exact) mass is 408 g/mol. The molecule has 0 saturated carbocycles. The summed E-state index contributed by atoms with van der Waals surface area (Å²) >= 11 is 0. The van der Waals surface area contributed by atoms with Gasteiger partial charge in [-0.15, -0.1) is 0 Å². The van der Waals surface area contributed by atoms with E-state index in [-0.39, 0.29) is 6.61 Å². The lowest BCUT2D eigenvalue weighted by atomic mass is 9.87. The number of cyclic esters (lactones) is 1. The molecule has 6 N–H and O–H groups in total. The second kappa shape index (κ2) is 10.5. The van der Waals surface area contributed by atoms with Crippen LogP contribution in [0, 0.1) is 0 Å². The Morgan fingerprint density at radius 2 is 1.68 bits per heavy atom. The van der Waals surface area contributed by atoms with Crippen molar-refractivity contribution in [3.63, 3.8) is 0 Å². The van der Waals surface area contributed by atoms with Crippen LogP contribution in [0.3, 0.4) is 0 Å². The molecule has 12 nitrogen and oxygen atoms in total. The van der Waals surface area contributed by atoms with Gasteiger partial charge in [0.05, 0.1) is 26.4 Å². The van der Waals surface area contributed by atoms with Crippen molar-refractivity contribution in [1.29, 1.82) is 0 Å². The second-order valence-electron chi connectivity index (χ2n) is 5.87. The van der Waals surface area contributed by atoms with E-state index in [1.807, 2.05) is 0 Å². The van der Waals surface area contributed by atoms with Gasteiger partial charge in [0.15, 0.2) is 6.10 Å². The third-order valence-electron chi connectivity index (χ3n) is 3.86. The lowest BCUT2D eigenvalue weighted by molar-refractivity contribution is -0.180. The molecule has 0 spiro atoms. The largest absolute Gasteiger partial charge is 0.489 e. The summed E-state index contributed by atoms with van der Waals surface area (Å²) in [6.45, 7) is -1.59. The summed E-state index contributed by atoms with van der Waals surface area (Å²) < 4.78 is 14.9. The number of carbonyl (C=O) groups is 3. The van der Waals surface area contributed by atoms with Crippen LogP contribution >= 0.6 is 0 Å². The Bertz CT molecular complexity index is 615. The van der Waals surface area contributed by atoms with Gasteiger partial charge in [-0.05, 0) is 6.42 Å². The first-order chi connectivity index (χ1) is 13.2. The van der Waals surface area contributed by atoms with Gasteiger partial charge in [-0.1, -0.05) is 13.3 Å². The fourth-order valence-corrected chi connectivity index (χ4v) is 2.33. The molecule has 0 amide bonds. The first-order valence-electron chi connectivity index (χ1n) is 8.44. The van der Waals surface area contributed by atoms with E-state index < -0.39 is 73.0 Å². The minimum atomic E-state index is -2.79. The molecular weight excluding hydrogens is 384 g/mol. The van der Waals surface area contributed by atoms with Crippen LogP contribution in [-0.2, 0) is 28.6 Å². The number of rotatable bonds is 12. The molecule has 1 heterocycles. The van der Waals surface area contributed by atoms with Crippen molar-refractivity contribution in [3.8, 4) is 0 Å². The van der Waals surface area contributed by atoms with Gasteiger partial charge < -0.3 is 44.8 Å². The summed E-state index contributed by atoms with van der Waals surface area (Å²) in [6.07, 6.45) is -5.27. The van der Waals surface area contributed by atoms with Crippen molar-refractivity contribution >= 4 is 17.7 Å². The lowest BCUT2D eigenvalue weighted by Crippen LogP contribution is -2.58. The zero-order chi connectivity index (χ0) is 21.5. The molecule has 0 bridgehead atoms. The highest BCUT2D eigenvalue weighted by atomic mass is 16.6. The van der Waals surface area contributed by atoms with Gasteiger partial charge in [0, 0.05) is 0 Å². The zero-order valence-electron chi connectivity index (χ0n) is 15.1. The van der Waals surface area contributed by atoms with E-state index in [2.05, 4.69) is 4.74 Å². The Labute approximate surface area is 159 Å². The number of hydrogen-bond donors (Lipinski definition) is 6. The molecule has 0 fully saturated rings. The predicted molar refractivity (Wildman–Crippen MR) is 87.1 cm³/mol. The maximum atomic E-state index is 12.6. The Morgan fingerprint density at radius 1 is 1.07 bits per heavy atom. The number of hydrogen-bond acceptors (Lipinski definition) is 12. The Kier molecular flexibility index (Phi) is 8.94. The first-order valence-corrected chi connectivity index (χ1v) is 8.44. The van der Waals surface area contributed by atoms with Gasteiger partial charge in [0.2, 0.25) is 11.5 Å². The van der Waals surface area contributed by atoms with E-state index >= 15 is 0 Å². The lowest BCUT2D eigenvalue weighted by Gasteiger charge is -2.33. The van der Waals surface area contributed by atoms with Gasteiger partial charge >= 0.3 is 11.9 Å². The predicted octanol–water partition coefficient (Wildman–Crippen LogP) is -3.52. The maximum absolute atomic E-state index is 12.6. The number of Topliss-reactive ketones (excluding diaryl/α,β-unsaturated/α-hetero) is 1. The third-order valence-corrected chi connectivity index (χ3v) is 3.86. The molecule has 160 valence electrons. The van der Waals surface area contributed by atoms with Crippen molar-refractivity contribution < 1.29 is 59.2 Å². The van der Waals surface area contributed by atoms with Gasteiger partial charge in [0.25, 0.3) is 11.4 Å². The molecule has 0 aromatic rings. The number of ketones is 1. The summed E-state index contributed by atoms with van der Waals surface area (Å²) in [5, 5.41) is 56.4. The normalized spacial score (nSPS) is 22.5. The number of aliphatic hydroxyl groups excluding tert-OH is 6. The SMILES string of the molecule is CCCCOC1=C(OC(=O)C(O)CO)C(=O)O[C@]1(C(=O)C(O)CO)[C@@H](O)CO. The zero-order valence-corrected chi connectivity index (χ0v) is 15.1. The fraction of sp³-hybridized carbons (Fsp3) is 0.688. The number of ether oxygens (including phenoxy) is 3. The average Bonchev–Trinajstić information content (AvgIpc) is 2.98. The van der Waals surface area contributed by atoms with Crippen LogP contribution in [0.15, 0.2) is 11.5 Å².